The lowest BCUT2D eigenvalue weighted by Crippen LogP contribution is -2.00. The van der Waals surface area contributed by atoms with Crippen LogP contribution >= 0.6 is 23.2 Å². The van der Waals surface area contributed by atoms with Crippen LogP contribution in [-0.4, -0.2) is 6.21 Å². The van der Waals surface area contributed by atoms with Gasteiger partial charge in [0.15, 0.2) is 5.16 Å². The smallest absolute Gasteiger partial charge is 0.153 e. The maximum Gasteiger partial charge on any atom is 0.153 e. The molecule has 1 heterocycles. The third-order valence-corrected chi connectivity index (χ3v) is 1.96. The number of aliphatic imine (C=N–C) groups is 1. The molecule has 1 rings (SSSR count). The van der Waals surface area contributed by atoms with Crippen molar-refractivity contribution in [3.05, 3.63) is 22.0 Å². The molecule has 0 saturated heterocycles. The third-order valence-electron chi connectivity index (χ3n) is 1.30. The van der Waals surface area contributed by atoms with Gasteiger partial charge in [-0.1, -0.05) is 29.3 Å². The molecule has 4 heteroatoms. The van der Waals surface area contributed by atoms with Gasteiger partial charge in [-0.15, -0.1) is 0 Å². The maximum atomic E-state index is 5.76. The highest BCUT2D eigenvalue weighted by Crippen LogP contribution is 2.19. The number of halogens is 2. The summed E-state index contributed by atoms with van der Waals surface area (Å²) in [6, 6.07) is 0. The van der Waals surface area contributed by atoms with Crippen molar-refractivity contribution >= 4 is 29.4 Å². The molecule has 11 heavy (non-hydrogen) atoms. The van der Waals surface area contributed by atoms with E-state index in [4.69, 9.17) is 28.9 Å². The van der Waals surface area contributed by atoms with E-state index in [1.54, 1.807) is 6.21 Å². The number of rotatable bonds is 0. The molecule has 0 bridgehead atoms. The Morgan fingerprint density at radius 1 is 1.36 bits per heavy atom. The van der Waals surface area contributed by atoms with Gasteiger partial charge in [0, 0.05) is 6.21 Å². The van der Waals surface area contributed by atoms with Gasteiger partial charge in [-0.2, -0.15) is 0 Å². The van der Waals surface area contributed by atoms with Crippen molar-refractivity contribution in [3.63, 3.8) is 0 Å². The lowest BCUT2D eigenvalue weighted by molar-refractivity contribution is 1.09. The fourth-order valence-corrected chi connectivity index (χ4v) is 1.13. The summed E-state index contributed by atoms with van der Waals surface area (Å²) in [6.45, 7) is 0. The Bertz CT molecular complexity index is 241. The summed E-state index contributed by atoms with van der Waals surface area (Å²) in [4.78, 5) is 3.88. The van der Waals surface area contributed by atoms with Crippen molar-refractivity contribution in [3.8, 4) is 0 Å². The van der Waals surface area contributed by atoms with E-state index in [0.717, 1.165) is 12.8 Å². The number of hydrogen-bond donors (Lipinski definition) is 1. The average Bonchev–Trinajstić information content (AvgIpc) is 2.00. The third kappa shape index (κ3) is 2.24. The Hall–Kier alpha value is -0.470. The highest BCUT2D eigenvalue weighted by atomic mass is 35.5. The first-order chi connectivity index (χ1) is 5.22. The van der Waals surface area contributed by atoms with Gasteiger partial charge < -0.3 is 5.73 Å². The highest BCUT2D eigenvalue weighted by Gasteiger charge is 2.03. The monoisotopic (exact) mass is 190 g/mol. The van der Waals surface area contributed by atoms with E-state index in [1.807, 2.05) is 6.08 Å². The zero-order valence-corrected chi connectivity index (χ0v) is 7.36. The second kappa shape index (κ2) is 3.79. The zero-order valence-electron chi connectivity index (χ0n) is 5.85. The van der Waals surface area contributed by atoms with E-state index in [2.05, 4.69) is 4.99 Å². The Balaban J connectivity index is 2.98. The van der Waals surface area contributed by atoms with Gasteiger partial charge in [0.25, 0.3) is 0 Å². The summed E-state index contributed by atoms with van der Waals surface area (Å²) in [5, 5.41) is 0.762. The molecule has 0 amide bonds. The predicted octanol–water partition coefficient (Wildman–Crippen LogP) is 2.34. The van der Waals surface area contributed by atoms with Gasteiger partial charge in [-0.3, -0.25) is 0 Å². The van der Waals surface area contributed by atoms with Crippen LogP contribution in [0.3, 0.4) is 0 Å². The van der Waals surface area contributed by atoms with Crippen LogP contribution in [0, 0.1) is 0 Å². The number of hydrogen-bond acceptors (Lipinski definition) is 2. The summed E-state index contributed by atoms with van der Waals surface area (Å²) in [6.07, 6.45) is 5.27. The molecule has 60 valence electrons. The summed E-state index contributed by atoms with van der Waals surface area (Å²) < 4.78 is 0. The molecule has 0 atom stereocenters. The largest absolute Gasteiger partial charge is 0.395 e. The number of nitrogens with two attached hydrogens (primary N) is 1. The van der Waals surface area contributed by atoms with Crippen LogP contribution in [0.5, 0.6) is 0 Å². The van der Waals surface area contributed by atoms with E-state index in [9.17, 15) is 0 Å². The van der Waals surface area contributed by atoms with Crippen LogP contribution in [0.1, 0.15) is 12.8 Å². The molecular weight excluding hydrogens is 183 g/mol. The topological polar surface area (TPSA) is 38.4 Å². The first-order valence-electron chi connectivity index (χ1n) is 3.25. The van der Waals surface area contributed by atoms with Crippen LogP contribution in [0.15, 0.2) is 27.0 Å². The second-order valence-corrected chi connectivity index (χ2v) is 2.91. The van der Waals surface area contributed by atoms with Crippen molar-refractivity contribution in [1.29, 1.82) is 0 Å². The van der Waals surface area contributed by atoms with Crippen LogP contribution < -0.4 is 5.73 Å². The van der Waals surface area contributed by atoms with E-state index >= 15 is 0 Å². The van der Waals surface area contributed by atoms with Gasteiger partial charge >= 0.3 is 0 Å². The molecule has 0 saturated carbocycles. The lowest BCUT2D eigenvalue weighted by atomic mass is 10.2. The summed E-state index contributed by atoms with van der Waals surface area (Å²) in [5.74, 6) is 0. The molecular formula is C7H8Cl2N2. The first kappa shape index (κ1) is 8.62. The minimum absolute atomic E-state index is 0.269. The molecule has 0 unspecified atom stereocenters. The fourth-order valence-electron chi connectivity index (χ4n) is 0.707. The minimum atomic E-state index is 0.269. The Kier molecular flexibility index (Phi) is 2.97. The van der Waals surface area contributed by atoms with E-state index in [-0.39, 0.29) is 5.16 Å². The van der Waals surface area contributed by atoms with Crippen molar-refractivity contribution < 1.29 is 0 Å². The molecule has 2 N–H and O–H groups in total. The van der Waals surface area contributed by atoms with Gasteiger partial charge in [-0.05, 0) is 12.8 Å². The Morgan fingerprint density at radius 3 is 2.82 bits per heavy atom. The molecule has 0 fully saturated rings. The standard InChI is InChI=1S/C7H8Cl2N2/c8-5-3-1-2-4-11-7(9)6(5)10/h3-4H,1-2,10H2/b5-3+,7-6+,11-4-. The van der Waals surface area contributed by atoms with Crippen LogP contribution in [-0.2, 0) is 0 Å². The molecule has 0 aromatic rings. The summed E-state index contributed by atoms with van der Waals surface area (Å²) >= 11 is 11.4. The van der Waals surface area contributed by atoms with Crippen molar-refractivity contribution in [2.45, 2.75) is 12.8 Å². The Morgan fingerprint density at radius 2 is 2.09 bits per heavy atom. The number of nitrogens with zero attached hydrogens (tertiary/aromatic N) is 1. The van der Waals surface area contributed by atoms with Crippen LogP contribution in [0.2, 0.25) is 0 Å². The molecule has 0 aromatic heterocycles. The Labute approximate surface area is 75.4 Å². The fraction of sp³-hybridized carbons (Fsp3) is 0.286. The molecule has 2 nitrogen and oxygen atoms in total. The van der Waals surface area contributed by atoms with Crippen molar-refractivity contribution in [1.82, 2.24) is 0 Å². The van der Waals surface area contributed by atoms with Gasteiger partial charge in [-0.25, -0.2) is 4.99 Å². The van der Waals surface area contributed by atoms with Crippen molar-refractivity contribution in [2.24, 2.45) is 10.7 Å². The molecule has 0 aliphatic carbocycles. The molecule has 1 aliphatic heterocycles. The van der Waals surface area contributed by atoms with E-state index in [1.165, 1.54) is 0 Å². The van der Waals surface area contributed by atoms with E-state index in [0.29, 0.717) is 10.7 Å². The molecule has 1 aliphatic rings. The zero-order chi connectivity index (χ0) is 8.27. The van der Waals surface area contributed by atoms with Crippen LogP contribution in [0.25, 0.3) is 0 Å². The SMILES string of the molecule is NC1=C(Cl)/N=C\CC/C=C\1Cl. The lowest BCUT2D eigenvalue weighted by Gasteiger charge is -2.02. The molecule has 0 aromatic carbocycles. The summed E-state index contributed by atoms with van der Waals surface area (Å²) in [5.41, 5.74) is 5.88. The molecule has 0 spiro atoms. The maximum absolute atomic E-state index is 5.76. The predicted molar refractivity (Wildman–Crippen MR) is 48.7 cm³/mol. The first-order valence-corrected chi connectivity index (χ1v) is 4.01. The second-order valence-electron chi connectivity index (χ2n) is 2.15. The quantitative estimate of drug-likeness (QED) is 0.586. The highest BCUT2D eigenvalue weighted by molar-refractivity contribution is 6.35. The van der Waals surface area contributed by atoms with Gasteiger partial charge in [0.2, 0.25) is 0 Å². The minimum Gasteiger partial charge on any atom is -0.395 e. The molecule has 0 radical (unpaired) electrons. The van der Waals surface area contributed by atoms with Crippen molar-refractivity contribution in [2.75, 3.05) is 0 Å². The van der Waals surface area contributed by atoms with E-state index < -0.39 is 0 Å². The average molecular weight is 191 g/mol. The van der Waals surface area contributed by atoms with Crippen LogP contribution in [0.4, 0.5) is 0 Å². The van der Waals surface area contributed by atoms with Gasteiger partial charge in [0.1, 0.15) is 0 Å². The summed E-state index contributed by atoms with van der Waals surface area (Å²) in [7, 11) is 0. The normalized spacial score (nSPS) is 33.5. The van der Waals surface area contributed by atoms with Gasteiger partial charge in [0.05, 0.1) is 10.7 Å². The number of allylic oxidation sites excluding steroid dienone is 2.